The van der Waals surface area contributed by atoms with E-state index in [1.54, 1.807) is 73.7 Å². The van der Waals surface area contributed by atoms with Crippen molar-refractivity contribution in [1.82, 2.24) is 4.90 Å². The molecule has 2 aromatic carbocycles. The molecule has 0 aromatic heterocycles. The van der Waals surface area contributed by atoms with Crippen molar-refractivity contribution in [1.29, 1.82) is 0 Å². The lowest BCUT2D eigenvalue weighted by molar-refractivity contribution is -0.130. The third kappa shape index (κ3) is 4.90. The van der Waals surface area contributed by atoms with E-state index in [1.165, 1.54) is 10.7 Å². The topological polar surface area (TPSA) is 66.9 Å². The molecule has 0 radical (unpaired) electrons. The first-order valence-corrected chi connectivity index (χ1v) is 11.3. The smallest absolute Gasteiger partial charge is 0.264 e. The zero-order chi connectivity index (χ0) is 20.9. The lowest BCUT2D eigenvalue weighted by Crippen LogP contribution is -2.45. The van der Waals surface area contributed by atoms with Crippen LogP contribution in [0.3, 0.4) is 0 Å². The van der Waals surface area contributed by atoms with Crippen LogP contribution in [-0.2, 0) is 14.8 Å². The van der Waals surface area contributed by atoms with E-state index in [0.717, 1.165) is 25.7 Å². The summed E-state index contributed by atoms with van der Waals surface area (Å²) < 4.78 is 33.0. The molecule has 0 unspecified atom stereocenters. The fourth-order valence-electron chi connectivity index (χ4n) is 3.69. The Morgan fingerprint density at radius 1 is 1.00 bits per heavy atom. The van der Waals surface area contributed by atoms with Crippen LogP contribution in [-0.4, -0.2) is 46.0 Å². The van der Waals surface area contributed by atoms with Gasteiger partial charge in [-0.15, -0.1) is 0 Å². The lowest BCUT2D eigenvalue weighted by atomic mass is 9.94. The number of nitrogens with zero attached hydrogens (tertiary/aromatic N) is 2. The lowest BCUT2D eigenvalue weighted by Gasteiger charge is -2.33. The first-order valence-electron chi connectivity index (χ1n) is 9.91. The molecule has 1 aliphatic carbocycles. The average Bonchev–Trinajstić information content (AvgIpc) is 2.78. The predicted octanol–water partition coefficient (Wildman–Crippen LogP) is 3.68. The largest absolute Gasteiger partial charge is 0.497 e. The number of sulfonamides is 1. The number of benzene rings is 2. The number of hydrogen-bond acceptors (Lipinski definition) is 4. The third-order valence-corrected chi connectivity index (χ3v) is 7.27. The summed E-state index contributed by atoms with van der Waals surface area (Å²) in [6.07, 6.45) is 5.34. The van der Waals surface area contributed by atoms with Gasteiger partial charge in [0.2, 0.25) is 5.91 Å². The Bertz CT molecular complexity index is 908. The van der Waals surface area contributed by atoms with Crippen molar-refractivity contribution in [2.45, 2.75) is 43.0 Å². The van der Waals surface area contributed by atoms with E-state index in [2.05, 4.69) is 0 Å². The second-order valence-corrected chi connectivity index (χ2v) is 9.18. The number of amides is 1. The summed E-state index contributed by atoms with van der Waals surface area (Å²) in [5, 5.41) is 0. The van der Waals surface area contributed by atoms with Crippen LogP contribution in [0, 0.1) is 0 Å². The summed E-state index contributed by atoms with van der Waals surface area (Å²) in [7, 11) is -0.559. The van der Waals surface area contributed by atoms with Crippen LogP contribution in [0.25, 0.3) is 0 Å². The van der Waals surface area contributed by atoms with Crippen LogP contribution in [0.4, 0.5) is 5.69 Å². The van der Waals surface area contributed by atoms with Crippen molar-refractivity contribution >= 4 is 21.6 Å². The van der Waals surface area contributed by atoms with Gasteiger partial charge in [-0.05, 0) is 49.2 Å². The van der Waals surface area contributed by atoms with Crippen molar-refractivity contribution in [2.75, 3.05) is 25.0 Å². The van der Waals surface area contributed by atoms with E-state index < -0.39 is 10.0 Å². The number of carbonyl (C=O) groups is 1. The van der Waals surface area contributed by atoms with Crippen molar-refractivity contribution in [3.8, 4) is 5.75 Å². The second kappa shape index (κ2) is 9.31. The summed E-state index contributed by atoms with van der Waals surface area (Å²) in [5.41, 5.74) is 0.431. The van der Waals surface area contributed by atoms with Crippen LogP contribution in [0.1, 0.15) is 32.1 Å². The normalized spacial score (nSPS) is 15.0. The maximum atomic E-state index is 13.3. The van der Waals surface area contributed by atoms with Gasteiger partial charge in [-0.2, -0.15) is 0 Å². The van der Waals surface area contributed by atoms with Gasteiger partial charge in [0.15, 0.2) is 0 Å². The molecule has 0 saturated heterocycles. The SMILES string of the molecule is COc1ccc(N(CC(=O)N(C)C2CCCCC2)S(=O)(=O)c2ccccc2)cc1. The summed E-state index contributed by atoms with van der Waals surface area (Å²) in [6.45, 7) is -0.240. The predicted molar refractivity (Wildman–Crippen MR) is 114 cm³/mol. The Balaban J connectivity index is 1.91. The Labute approximate surface area is 173 Å². The number of anilines is 1. The molecule has 1 aliphatic rings. The molecule has 156 valence electrons. The Hall–Kier alpha value is -2.54. The third-order valence-electron chi connectivity index (χ3n) is 5.49. The number of methoxy groups -OCH3 is 1. The number of hydrogen-bond donors (Lipinski definition) is 0. The van der Waals surface area contributed by atoms with Crippen LogP contribution in [0.2, 0.25) is 0 Å². The monoisotopic (exact) mass is 416 g/mol. The van der Waals surface area contributed by atoms with Crippen molar-refractivity contribution in [3.63, 3.8) is 0 Å². The molecule has 0 N–H and O–H groups in total. The quantitative estimate of drug-likeness (QED) is 0.691. The molecule has 1 amide bonds. The van der Waals surface area contributed by atoms with Gasteiger partial charge in [0.05, 0.1) is 17.7 Å². The maximum Gasteiger partial charge on any atom is 0.264 e. The molecule has 3 rings (SSSR count). The molecule has 0 bridgehead atoms. The highest BCUT2D eigenvalue weighted by molar-refractivity contribution is 7.92. The molecule has 2 aromatic rings. The summed E-state index contributed by atoms with van der Waals surface area (Å²) in [4.78, 5) is 14.9. The van der Waals surface area contributed by atoms with Gasteiger partial charge in [-0.1, -0.05) is 37.5 Å². The van der Waals surface area contributed by atoms with Gasteiger partial charge in [0, 0.05) is 13.1 Å². The Morgan fingerprint density at radius 3 is 2.21 bits per heavy atom. The van der Waals surface area contributed by atoms with Gasteiger partial charge in [0.1, 0.15) is 12.3 Å². The van der Waals surface area contributed by atoms with E-state index >= 15 is 0 Å². The fraction of sp³-hybridized carbons (Fsp3) is 0.409. The minimum absolute atomic E-state index is 0.156. The molecular weight excluding hydrogens is 388 g/mol. The summed E-state index contributed by atoms with van der Waals surface area (Å²) >= 11 is 0. The zero-order valence-corrected chi connectivity index (χ0v) is 17.8. The Kier molecular flexibility index (Phi) is 6.79. The van der Waals surface area contributed by atoms with Gasteiger partial charge in [-0.3, -0.25) is 9.10 Å². The van der Waals surface area contributed by atoms with Crippen molar-refractivity contribution < 1.29 is 17.9 Å². The number of rotatable bonds is 7. The minimum Gasteiger partial charge on any atom is -0.497 e. The standard InChI is InChI=1S/C22H28N2O4S/c1-23(18-9-5-3-6-10-18)22(25)17-24(19-13-15-20(28-2)16-14-19)29(26,27)21-11-7-4-8-12-21/h4,7-8,11-16,18H,3,5-6,9-10,17H2,1-2H3. The first kappa shape index (κ1) is 21.2. The molecule has 1 fully saturated rings. The van der Waals surface area contributed by atoms with E-state index in [1.807, 2.05) is 0 Å². The van der Waals surface area contributed by atoms with E-state index in [4.69, 9.17) is 4.74 Å². The van der Waals surface area contributed by atoms with Gasteiger partial charge < -0.3 is 9.64 Å². The van der Waals surface area contributed by atoms with Crippen LogP contribution in [0.5, 0.6) is 5.75 Å². The number of likely N-dealkylation sites (N-methyl/N-ethyl adjacent to an activating group) is 1. The average molecular weight is 417 g/mol. The van der Waals surface area contributed by atoms with Crippen molar-refractivity contribution in [2.24, 2.45) is 0 Å². The number of ether oxygens (including phenoxy) is 1. The molecule has 7 heteroatoms. The minimum atomic E-state index is -3.89. The van der Waals surface area contributed by atoms with Crippen LogP contribution in [0.15, 0.2) is 59.5 Å². The summed E-state index contributed by atoms with van der Waals surface area (Å²) in [6, 6.07) is 15.1. The molecule has 0 aliphatic heterocycles. The first-order chi connectivity index (χ1) is 13.9. The second-order valence-electron chi connectivity index (χ2n) is 7.32. The molecule has 6 nitrogen and oxygen atoms in total. The molecular formula is C22H28N2O4S. The molecule has 0 heterocycles. The van der Waals surface area contributed by atoms with E-state index in [9.17, 15) is 13.2 Å². The fourth-order valence-corrected chi connectivity index (χ4v) is 5.12. The van der Waals surface area contributed by atoms with Crippen molar-refractivity contribution in [3.05, 3.63) is 54.6 Å². The maximum absolute atomic E-state index is 13.3. The molecule has 1 saturated carbocycles. The van der Waals surface area contributed by atoms with Crippen LogP contribution >= 0.6 is 0 Å². The Morgan fingerprint density at radius 2 is 1.62 bits per heavy atom. The van der Waals surface area contributed by atoms with E-state index in [0.29, 0.717) is 11.4 Å². The highest BCUT2D eigenvalue weighted by atomic mass is 32.2. The van der Waals surface area contributed by atoms with Gasteiger partial charge >= 0.3 is 0 Å². The van der Waals surface area contributed by atoms with Gasteiger partial charge in [-0.25, -0.2) is 8.42 Å². The highest BCUT2D eigenvalue weighted by Crippen LogP contribution is 2.27. The molecule has 29 heavy (non-hydrogen) atoms. The zero-order valence-electron chi connectivity index (χ0n) is 17.0. The molecule has 0 spiro atoms. The van der Waals surface area contributed by atoms with Crippen LogP contribution < -0.4 is 9.04 Å². The van der Waals surface area contributed by atoms with Gasteiger partial charge in [0.25, 0.3) is 10.0 Å². The van der Waals surface area contributed by atoms with E-state index in [-0.39, 0.29) is 23.4 Å². The molecule has 0 atom stereocenters. The number of carbonyl (C=O) groups excluding carboxylic acids is 1. The summed E-state index contributed by atoms with van der Waals surface area (Å²) in [5.74, 6) is 0.420. The highest BCUT2D eigenvalue weighted by Gasteiger charge is 2.30.